The lowest BCUT2D eigenvalue weighted by atomic mass is 9.68. The molecule has 2 aliphatic carbocycles. The zero-order valence-corrected chi connectivity index (χ0v) is 25.7. The van der Waals surface area contributed by atoms with Crippen molar-refractivity contribution in [1.29, 1.82) is 0 Å². The lowest BCUT2D eigenvalue weighted by Crippen LogP contribution is -2.42. The summed E-state index contributed by atoms with van der Waals surface area (Å²) in [5, 5.41) is 3.72. The van der Waals surface area contributed by atoms with E-state index in [1.165, 1.54) is 40.5 Å². The first-order valence-electron chi connectivity index (χ1n) is 14.9. The molecule has 3 aromatic carbocycles. The van der Waals surface area contributed by atoms with Crippen LogP contribution in [-0.4, -0.2) is 34.6 Å². The van der Waals surface area contributed by atoms with Crippen molar-refractivity contribution in [3.63, 3.8) is 0 Å². The number of benzene rings is 3. The Hall–Kier alpha value is -4.22. The number of hydrogen-bond acceptors (Lipinski definition) is 7. The summed E-state index contributed by atoms with van der Waals surface area (Å²) in [5.41, 5.74) is 3.20. The minimum Gasteiger partial charge on any atom is -0.484 e. The van der Waals surface area contributed by atoms with Gasteiger partial charge in [0.05, 0.1) is 22.5 Å². The van der Waals surface area contributed by atoms with Crippen LogP contribution >= 0.6 is 23.1 Å². The number of amides is 3. The van der Waals surface area contributed by atoms with Crippen molar-refractivity contribution < 1.29 is 23.5 Å². The van der Waals surface area contributed by atoms with Crippen molar-refractivity contribution in [3.8, 4) is 5.75 Å². The number of carbonyl (C=O) groups is 3. The van der Waals surface area contributed by atoms with Crippen molar-refractivity contribution in [2.75, 3.05) is 16.8 Å². The zero-order chi connectivity index (χ0) is 31.0. The van der Waals surface area contributed by atoms with Gasteiger partial charge >= 0.3 is 4.87 Å². The molecule has 4 unspecified atom stereocenters. The molecule has 8 nitrogen and oxygen atoms in total. The minimum atomic E-state index is -0.441. The van der Waals surface area contributed by atoms with Gasteiger partial charge in [0.2, 0.25) is 11.8 Å². The maximum atomic E-state index is 13.8. The van der Waals surface area contributed by atoms with Gasteiger partial charge in [0, 0.05) is 21.7 Å². The number of thioether (sulfide) groups is 1. The van der Waals surface area contributed by atoms with Gasteiger partial charge in [0.1, 0.15) is 11.6 Å². The molecule has 2 bridgehead atoms. The first kappa shape index (κ1) is 28.3. The van der Waals surface area contributed by atoms with Crippen LogP contribution in [0.2, 0.25) is 0 Å². The second kappa shape index (κ2) is 10.7. The van der Waals surface area contributed by atoms with Gasteiger partial charge in [-0.2, -0.15) is 0 Å². The number of halogens is 1. The summed E-state index contributed by atoms with van der Waals surface area (Å²) < 4.78 is 19.4. The molecular formula is C34H28FN3O5S2. The van der Waals surface area contributed by atoms with Crippen LogP contribution in [0, 0.1) is 42.3 Å². The number of nitrogens with zero attached hydrogens (tertiary/aromatic N) is 1. The first-order chi connectivity index (χ1) is 21.8. The number of ether oxygens (including phenoxy) is 1. The van der Waals surface area contributed by atoms with Crippen LogP contribution in [-0.2, 0) is 14.4 Å². The highest BCUT2D eigenvalue weighted by atomic mass is 32.2. The smallest absolute Gasteiger partial charge is 0.305 e. The van der Waals surface area contributed by atoms with Crippen molar-refractivity contribution in [2.24, 2.45) is 29.6 Å². The molecule has 2 saturated carbocycles. The van der Waals surface area contributed by atoms with Gasteiger partial charge in [-0.05, 0) is 85.2 Å². The Bertz CT molecular complexity index is 1890. The number of carbonyl (C=O) groups excluding carboxylic acids is 3. The molecule has 3 fully saturated rings. The third kappa shape index (κ3) is 4.63. The lowest BCUT2D eigenvalue weighted by Gasteiger charge is -2.43. The number of aromatic amines is 1. The molecule has 45 heavy (non-hydrogen) atoms. The summed E-state index contributed by atoms with van der Waals surface area (Å²) in [5.74, 6) is -1.55. The van der Waals surface area contributed by atoms with E-state index < -0.39 is 17.7 Å². The molecular weight excluding hydrogens is 614 g/mol. The molecule has 2 aliphatic heterocycles. The quantitative estimate of drug-likeness (QED) is 0.266. The van der Waals surface area contributed by atoms with E-state index in [0.29, 0.717) is 17.1 Å². The Balaban J connectivity index is 1.05. The molecule has 11 heteroatoms. The number of aromatic nitrogens is 1. The van der Waals surface area contributed by atoms with E-state index >= 15 is 0 Å². The van der Waals surface area contributed by atoms with E-state index in [1.807, 2.05) is 55.5 Å². The Kier molecular flexibility index (Phi) is 6.72. The van der Waals surface area contributed by atoms with Gasteiger partial charge in [-0.25, -0.2) is 4.39 Å². The number of rotatable bonds is 6. The normalized spacial score (nSPS) is 27.7. The summed E-state index contributed by atoms with van der Waals surface area (Å²) in [7, 11) is 0. The Labute approximate surface area is 266 Å². The Morgan fingerprint density at radius 2 is 1.64 bits per heavy atom. The largest absolute Gasteiger partial charge is 0.484 e. The number of nitrogens with one attached hydrogen (secondary N) is 2. The van der Waals surface area contributed by atoms with Crippen LogP contribution in [0.5, 0.6) is 5.75 Å². The average molecular weight is 642 g/mol. The maximum Gasteiger partial charge on any atom is 0.305 e. The second-order valence-corrected chi connectivity index (χ2v) is 14.4. The van der Waals surface area contributed by atoms with Gasteiger partial charge in [-0.15, -0.1) is 11.8 Å². The minimum absolute atomic E-state index is 0.00870. The summed E-state index contributed by atoms with van der Waals surface area (Å²) in [4.78, 5) is 57.7. The van der Waals surface area contributed by atoms with Crippen LogP contribution in [0.25, 0.3) is 0 Å². The molecule has 0 radical (unpaired) electrons. The number of fused-ring (bicyclic) bond motifs is 9. The predicted octanol–water partition coefficient (Wildman–Crippen LogP) is 5.58. The molecule has 3 heterocycles. The zero-order valence-electron chi connectivity index (χ0n) is 24.1. The van der Waals surface area contributed by atoms with Crippen molar-refractivity contribution in [1.82, 2.24) is 4.98 Å². The summed E-state index contributed by atoms with van der Waals surface area (Å²) >= 11 is 2.83. The van der Waals surface area contributed by atoms with Crippen molar-refractivity contribution >= 4 is 52.2 Å². The van der Waals surface area contributed by atoms with E-state index in [9.17, 15) is 23.6 Å². The summed E-state index contributed by atoms with van der Waals surface area (Å²) in [6, 6.07) is 20.6. The molecule has 2 N–H and O–H groups in total. The third-order valence-electron chi connectivity index (χ3n) is 9.75. The molecule has 3 amide bonds. The highest BCUT2D eigenvalue weighted by Gasteiger charge is 2.69. The van der Waals surface area contributed by atoms with Crippen LogP contribution in [0.1, 0.15) is 28.3 Å². The number of thiazole rings is 1. The molecule has 0 spiro atoms. The van der Waals surface area contributed by atoms with Gasteiger partial charge in [-0.3, -0.25) is 24.1 Å². The van der Waals surface area contributed by atoms with Crippen molar-refractivity contribution in [3.05, 3.63) is 104 Å². The van der Waals surface area contributed by atoms with Crippen LogP contribution < -0.4 is 19.8 Å². The number of hydrogen-bond donors (Lipinski definition) is 2. The van der Waals surface area contributed by atoms with Gasteiger partial charge in [0.15, 0.2) is 6.61 Å². The summed E-state index contributed by atoms with van der Waals surface area (Å²) in [6.45, 7) is 1.84. The van der Waals surface area contributed by atoms with E-state index in [0.717, 1.165) is 27.5 Å². The van der Waals surface area contributed by atoms with E-state index in [4.69, 9.17) is 4.74 Å². The fourth-order valence-corrected chi connectivity index (χ4v) is 10.9. The number of H-pyrrole nitrogens is 1. The number of imide groups is 1. The van der Waals surface area contributed by atoms with Gasteiger partial charge in [-0.1, -0.05) is 41.2 Å². The van der Waals surface area contributed by atoms with Crippen LogP contribution in [0.3, 0.4) is 0 Å². The van der Waals surface area contributed by atoms with Crippen LogP contribution in [0.4, 0.5) is 15.8 Å². The predicted molar refractivity (Wildman–Crippen MR) is 169 cm³/mol. The SMILES string of the molecule is Cc1ccc(NC(=O)COc2ccc([C@H]3c4sc(=O)[nH]c4SC4C3[C@H]3C[C@@H]4C4C(=O)N(c5ccc(F)cc5)C(=O)C43)cc2)cc1. The van der Waals surface area contributed by atoms with Crippen LogP contribution in [0.15, 0.2) is 82.6 Å². The maximum absolute atomic E-state index is 13.8. The fraction of sp³-hybridized carbons (Fsp3) is 0.294. The molecule has 1 saturated heterocycles. The number of anilines is 2. The van der Waals surface area contributed by atoms with Gasteiger partial charge in [0.25, 0.3) is 5.91 Å². The monoisotopic (exact) mass is 641 g/mol. The highest BCUT2D eigenvalue weighted by molar-refractivity contribution is 8.00. The summed E-state index contributed by atoms with van der Waals surface area (Å²) in [6.07, 6.45) is 0.777. The fourth-order valence-electron chi connectivity index (χ4n) is 7.99. The standard InChI is InChI=1S/C34H28FN3O5S2/c1-16-2-8-19(9-3-16)36-24(39)15-43-21-12-4-17(5-13-21)25-26-22-14-23(29(26)44-31-30(25)45-34(42)37-31)28-27(22)32(40)38(33(28)41)20-10-6-18(35)7-11-20/h2-13,22-23,25-29H,14-15H2,1H3,(H,36,39)(H,37,42)/t22-,23-,25-,26?,27?,28?,29?/m1/s1. The lowest BCUT2D eigenvalue weighted by molar-refractivity contribution is -0.123. The number of aryl methyl sites for hydroxylation is 1. The molecule has 4 aliphatic rings. The van der Waals surface area contributed by atoms with E-state index in [1.54, 1.807) is 11.8 Å². The van der Waals surface area contributed by atoms with Gasteiger partial charge < -0.3 is 15.0 Å². The highest BCUT2D eigenvalue weighted by Crippen LogP contribution is 2.68. The third-order valence-corrected chi connectivity index (χ3v) is 12.3. The Morgan fingerprint density at radius 1 is 0.956 bits per heavy atom. The molecule has 4 aromatic rings. The second-order valence-electron chi connectivity index (χ2n) is 12.2. The van der Waals surface area contributed by atoms with Crippen molar-refractivity contribution in [2.45, 2.75) is 29.5 Å². The van der Waals surface area contributed by atoms with E-state index in [2.05, 4.69) is 10.3 Å². The average Bonchev–Trinajstić information content (AvgIpc) is 3.77. The molecule has 228 valence electrons. The van der Waals surface area contributed by atoms with E-state index in [-0.39, 0.29) is 58.1 Å². The molecule has 7 atom stereocenters. The first-order valence-corrected chi connectivity index (χ1v) is 16.6. The Morgan fingerprint density at radius 3 is 2.36 bits per heavy atom. The molecule has 8 rings (SSSR count). The molecule has 1 aromatic heterocycles. The topological polar surface area (TPSA) is 109 Å².